The van der Waals surface area contributed by atoms with E-state index in [2.05, 4.69) is 151 Å². The molecule has 228 valence electrons. The second-order valence-corrected chi connectivity index (χ2v) is 13.1. The number of allylic oxidation sites excluding steroid dienone is 12. The molecule has 9 rings (SSSR count). The molecule has 0 spiro atoms. The van der Waals surface area contributed by atoms with Gasteiger partial charge in [0.2, 0.25) is 0 Å². The van der Waals surface area contributed by atoms with Crippen LogP contribution in [0.2, 0.25) is 0 Å². The van der Waals surface area contributed by atoms with E-state index in [4.69, 9.17) is 6.42 Å². The highest BCUT2D eigenvalue weighted by atomic mass is 15.1. The normalized spacial score (nSPS) is 15.8. The average molecular weight is 614 g/mol. The van der Waals surface area contributed by atoms with Gasteiger partial charge in [-0.1, -0.05) is 103 Å². The van der Waals surface area contributed by atoms with Gasteiger partial charge in [0, 0.05) is 17.1 Å². The number of hydrogen-bond acceptors (Lipinski definition) is 1. The first-order chi connectivity index (χ1) is 23.7. The van der Waals surface area contributed by atoms with Crippen molar-refractivity contribution >= 4 is 33.3 Å². The van der Waals surface area contributed by atoms with Crippen molar-refractivity contribution in [1.29, 1.82) is 0 Å². The molecule has 0 unspecified atom stereocenters. The van der Waals surface area contributed by atoms with Crippen molar-refractivity contribution in [3.8, 4) is 45.7 Å². The fraction of sp³-hybridized carbons (Fsp3) is 0.106. The number of rotatable bonds is 5. The minimum atomic E-state index is 0.969. The Bertz CT molecular complexity index is 2410. The lowest BCUT2D eigenvalue weighted by atomic mass is 9.83. The van der Waals surface area contributed by atoms with Gasteiger partial charge in [-0.2, -0.15) is 0 Å². The third-order valence-electron chi connectivity index (χ3n) is 10.4. The minimum Gasteiger partial charge on any atom is -0.314 e. The van der Waals surface area contributed by atoms with E-state index in [9.17, 15) is 0 Å². The second-order valence-electron chi connectivity index (χ2n) is 13.1. The van der Waals surface area contributed by atoms with Gasteiger partial charge in [0.25, 0.3) is 0 Å². The molecular formula is C47H35N. The third-order valence-corrected chi connectivity index (χ3v) is 10.4. The zero-order valence-electron chi connectivity index (χ0n) is 27.1. The Kier molecular flexibility index (Phi) is 6.77. The van der Waals surface area contributed by atoms with Crippen molar-refractivity contribution in [1.82, 2.24) is 0 Å². The maximum Gasteiger partial charge on any atom is 0.0465 e. The van der Waals surface area contributed by atoms with Crippen LogP contribution < -0.4 is 4.90 Å². The van der Waals surface area contributed by atoms with Crippen LogP contribution in [0, 0.1) is 12.3 Å². The molecule has 48 heavy (non-hydrogen) atoms. The number of anilines is 2. The lowest BCUT2D eigenvalue weighted by molar-refractivity contribution is 0.878. The summed E-state index contributed by atoms with van der Waals surface area (Å²) in [5, 5.41) is 2.49. The molecule has 4 aliphatic rings. The van der Waals surface area contributed by atoms with Gasteiger partial charge >= 0.3 is 0 Å². The van der Waals surface area contributed by atoms with Crippen LogP contribution in [-0.2, 0) is 0 Å². The number of fused-ring (bicyclic) bond motifs is 3. The molecule has 5 aromatic rings. The first kappa shape index (κ1) is 28.4. The summed E-state index contributed by atoms with van der Waals surface area (Å²) in [7, 11) is 0. The fourth-order valence-electron chi connectivity index (χ4n) is 8.19. The molecule has 0 N–H and O–H groups in total. The van der Waals surface area contributed by atoms with E-state index in [-0.39, 0.29) is 0 Å². The fourth-order valence-corrected chi connectivity index (χ4v) is 8.19. The zero-order valence-corrected chi connectivity index (χ0v) is 27.1. The van der Waals surface area contributed by atoms with E-state index >= 15 is 0 Å². The molecule has 0 amide bonds. The van der Waals surface area contributed by atoms with E-state index in [0.29, 0.717) is 0 Å². The number of nitrogens with zero attached hydrogens (tertiary/aromatic N) is 1. The summed E-state index contributed by atoms with van der Waals surface area (Å²) in [5.41, 5.74) is 19.1. The highest BCUT2D eigenvalue weighted by Crippen LogP contribution is 2.55. The van der Waals surface area contributed by atoms with Gasteiger partial charge in [-0.15, -0.1) is 6.42 Å². The Hall–Kier alpha value is -5.84. The maximum atomic E-state index is 5.75. The predicted octanol–water partition coefficient (Wildman–Crippen LogP) is 12.6. The van der Waals surface area contributed by atoms with E-state index in [1.54, 1.807) is 0 Å². The SMILES string of the molecule is C#C/C=C\C1=C(C)c2c3cccc2-c2cccc1c2-c1cc(N(C2=CC=C(C4=CCCC=C4)CC2)c2ccc4ccccc4c2)ccc1-3. The Balaban J connectivity index is 1.27. The van der Waals surface area contributed by atoms with Crippen molar-refractivity contribution < 1.29 is 0 Å². The van der Waals surface area contributed by atoms with Crippen molar-refractivity contribution in [3.05, 3.63) is 168 Å². The van der Waals surface area contributed by atoms with Crippen LogP contribution >= 0.6 is 0 Å². The molecule has 0 heterocycles. The molecule has 6 bridgehead atoms. The van der Waals surface area contributed by atoms with Crippen LogP contribution in [0.4, 0.5) is 11.4 Å². The lowest BCUT2D eigenvalue weighted by Crippen LogP contribution is -2.18. The van der Waals surface area contributed by atoms with Gasteiger partial charge in [0.1, 0.15) is 0 Å². The van der Waals surface area contributed by atoms with Crippen molar-refractivity contribution in [3.63, 3.8) is 0 Å². The molecule has 0 saturated heterocycles. The van der Waals surface area contributed by atoms with Gasteiger partial charge < -0.3 is 4.90 Å². The van der Waals surface area contributed by atoms with Gasteiger partial charge in [-0.05, 0) is 153 Å². The first-order valence-electron chi connectivity index (χ1n) is 17.0. The molecule has 5 aromatic carbocycles. The Morgan fingerprint density at radius 1 is 0.667 bits per heavy atom. The Morgan fingerprint density at radius 3 is 2.19 bits per heavy atom. The monoisotopic (exact) mass is 613 g/mol. The lowest BCUT2D eigenvalue weighted by Gasteiger charge is -2.31. The molecule has 0 radical (unpaired) electrons. The summed E-state index contributed by atoms with van der Waals surface area (Å²) in [4.78, 5) is 2.49. The first-order valence-corrected chi connectivity index (χ1v) is 17.0. The summed E-state index contributed by atoms with van der Waals surface area (Å²) in [6.07, 6.45) is 25.6. The topological polar surface area (TPSA) is 3.24 Å². The molecule has 0 saturated carbocycles. The Morgan fingerprint density at radius 2 is 1.42 bits per heavy atom. The third kappa shape index (κ3) is 4.49. The molecular weight excluding hydrogens is 579 g/mol. The Labute approximate surface area is 283 Å². The summed E-state index contributed by atoms with van der Waals surface area (Å²) in [6.45, 7) is 2.25. The molecule has 0 fully saturated rings. The minimum absolute atomic E-state index is 0.969. The van der Waals surface area contributed by atoms with E-state index in [0.717, 1.165) is 25.7 Å². The van der Waals surface area contributed by atoms with Crippen LogP contribution in [0.15, 0.2) is 156 Å². The predicted molar refractivity (Wildman–Crippen MR) is 205 cm³/mol. The van der Waals surface area contributed by atoms with Gasteiger partial charge in [0.15, 0.2) is 0 Å². The van der Waals surface area contributed by atoms with Crippen molar-refractivity contribution in [2.24, 2.45) is 0 Å². The van der Waals surface area contributed by atoms with Gasteiger partial charge in [-0.3, -0.25) is 0 Å². The highest BCUT2D eigenvalue weighted by Gasteiger charge is 2.31. The highest BCUT2D eigenvalue weighted by molar-refractivity contribution is 6.15. The molecule has 1 heteroatoms. The van der Waals surface area contributed by atoms with Crippen LogP contribution in [-0.4, -0.2) is 0 Å². The van der Waals surface area contributed by atoms with Crippen LogP contribution in [0.1, 0.15) is 43.7 Å². The van der Waals surface area contributed by atoms with Crippen LogP contribution in [0.25, 0.3) is 55.3 Å². The number of hydrogen-bond donors (Lipinski definition) is 0. The van der Waals surface area contributed by atoms with Crippen LogP contribution in [0.3, 0.4) is 0 Å². The molecule has 1 nitrogen and oxygen atoms in total. The summed E-state index contributed by atoms with van der Waals surface area (Å²) in [6, 6.07) is 36.1. The molecule has 4 aliphatic carbocycles. The van der Waals surface area contributed by atoms with Crippen molar-refractivity contribution in [2.75, 3.05) is 4.90 Å². The van der Waals surface area contributed by atoms with Crippen LogP contribution in [0.5, 0.6) is 0 Å². The summed E-state index contributed by atoms with van der Waals surface area (Å²) >= 11 is 0. The van der Waals surface area contributed by atoms with Crippen molar-refractivity contribution in [2.45, 2.75) is 32.6 Å². The standard InChI is InChI=1S/C47H35N/c1-3-4-16-39-31(2)46-42-18-11-19-43(46)44-20-10-17-41(39)47(44)45-30-38(27-28-40(42)45)48(37-26-23-33-14-8-9-15-35(33)29-37)36-24-21-34(22-25-36)32-12-6-5-7-13-32/h1,4,6,8-21,23-24,26-30H,5,7,22,25H2,2H3/b16-4-. The van der Waals surface area contributed by atoms with E-state index < -0.39 is 0 Å². The second kappa shape index (κ2) is 11.4. The maximum absolute atomic E-state index is 5.75. The van der Waals surface area contributed by atoms with E-state index in [1.165, 1.54) is 94.6 Å². The smallest absolute Gasteiger partial charge is 0.0465 e. The quantitative estimate of drug-likeness (QED) is 0.175. The van der Waals surface area contributed by atoms with E-state index in [1.807, 2.05) is 6.08 Å². The summed E-state index contributed by atoms with van der Waals surface area (Å²) < 4.78 is 0. The number of terminal acetylenes is 1. The van der Waals surface area contributed by atoms with Gasteiger partial charge in [0.05, 0.1) is 0 Å². The largest absolute Gasteiger partial charge is 0.314 e. The molecule has 0 aliphatic heterocycles. The average Bonchev–Trinajstić information content (AvgIpc) is 3.24. The summed E-state index contributed by atoms with van der Waals surface area (Å²) in [5.74, 6) is 2.73. The van der Waals surface area contributed by atoms with Gasteiger partial charge in [-0.25, -0.2) is 0 Å². The number of benzene rings is 5. The zero-order chi connectivity index (χ0) is 32.2. The molecule has 0 atom stereocenters. The molecule has 0 aromatic heterocycles.